The van der Waals surface area contributed by atoms with Crippen molar-refractivity contribution >= 4 is 49.9 Å². The molecule has 428 valence electrons. The van der Waals surface area contributed by atoms with Crippen molar-refractivity contribution in [3.8, 4) is 11.5 Å². The topological polar surface area (TPSA) is 232 Å². The molecule has 4 aliphatic rings. The van der Waals surface area contributed by atoms with E-state index in [1.54, 1.807) is 57.4 Å². The van der Waals surface area contributed by atoms with Gasteiger partial charge in [-0.15, -0.1) is 0 Å². The SMILES string of the molecule is Cc1n[nH]c(Nc2ncnc3cc(OCCCN4CCN(c5ncc(OCC6CN(C[C@H]7CN[C@H](C)CN7CC(=O)N7CC(C)(C)c8[nH]c(=O)c(Cc9ccc(F)cc9)cc87)CCO6)cn5)CC4)c(S(=O)(=O)C(C)(C)C)cc23)c1C. The minimum atomic E-state index is -3.82. The zero-order valence-corrected chi connectivity index (χ0v) is 48.0. The number of aryl methyl sites for hydroxylation is 1. The number of aromatic amines is 2. The largest absolute Gasteiger partial charge is 0.492 e. The summed E-state index contributed by atoms with van der Waals surface area (Å²) in [5, 5.41) is 14.7. The van der Waals surface area contributed by atoms with Crippen molar-refractivity contribution in [3.05, 3.63) is 105 Å². The van der Waals surface area contributed by atoms with Crippen LogP contribution in [0, 0.1) is 19.7 Å². The van der Waals surface area contributed by atoms with Crippen molar-refractivity contribution in [1.29, 1.82) is 0 Å². The highest BCUT2D eigenvalue weighted by Gasteiger charge is 2.41. The number of fused-ring (bicyclic) bond motifs is 2. The van der Waals surface area contributed by atoms with Crippen molar-refractivity contribution in [2.45, 2.75) is 101 Å². The normalized spacial score (nSPS) is 20.3. The number of carbonyl (C=O) groups is 1. The number of amides is 1. The number of ether oxygens (including phenoxy) is 3. The fraction of sp³-hybridized carbons (Fsp3) is 0.526. The van der Waals surface area contributed by atoms with Crippen molar-refractivity contribution in [2.75, 3.05) is 113 Å². The molecule has 6 aromatic rings. The van der Waals surface area contributed by atoms with Gasteiger partial charge in [0.1, 0.15) is 47.1 Å². The Balaban J connectivity index is 0.682. The van der Waals surface area contributed by atoms with E-state index in [0.717, 1.165) is 87.1 Å². The molecule has 1 unspecified atom stereocenters. The second-order valence-electron chi connectivity index (χ2n) is 23.3. The summed E-state index contributed by atoms with van der Waals surface area (Å²) in [6, 6.07) is 11.6. The van der Waals surface area contributed by atoms with Gasteiger partial charge < -0.3 is 39.6 Å². The maximum absolute atomic E-state index is 14.3. The van der Waals surface area contributed by atoms with E-state index in [1.165, 1.54) is 18.5 Å². The molecule has 0 saturated carbocycles. The summed E-state index contributed by atoms with van der Waals surface area (Å²) in [6.07, 6.45) is 5.72. The van der Waals surface area contributed by atoms with E-state index < -0.39 is 20.0 Å². The van der Waals surface area contributed by atoms with Gasteiger partial charge in [-0.05, 0) is 77.8 Å². The summed E-state index contributed by atoms with van der Waals surface area (Å²) in [6.45, 7) is 24.5. The Hall–Kier alpha value is -6.63. The number of halogens is 1. The molecule has 23 heteroatoms. The van der Waals surface area contributed by atoms with Crippen molar-refractivity contribution in [1.82, 2.24) is 55.1 Å². The van der Waals surface area contributed by atoms with Crippen LogP contribution in [0.4, 0.5) is 27.7 Å². The lowest BCUT2D eigenvalue weighted by Crippen LogP contribution is -2.61. The van der Waals surface area contributed by atoms with Gasteiger partial charge in [-0.3, -0.25) is 29.4 Å². The summed E-state index contributed by atoms with van der Waals surface area (Å²) in [7, 11) is -3.82. The maximum atomic E-state index is 14.3. The Bertz CT molecular complexity index is 3340. The summed E-state index contributed by atoms with van der Waals surface area (Å²) in [4.78, 5) is 60.1. The van der Waals surface area contributed by atoms with Gasteiger partial charge in [0, 0.05) is 124 Å². The molecule has 1 amide bonds. The Morgan fingerprint density at radius 2 is 1.73 bits per heavy atom. The molecule has 10 rings (SSSR count). The van der Waals surface area contributed by atoms with Crippen molar-refractivity contribution in [2.24, 2.45) is 0 Å². The molecule has 21 nitrogen and oxygen atoms in total. The van der Waals surface area contributed by atoms with Gasteiger partial charge in [-0.25, -0.2) is 32.7 Å². The van der Waals surface area contributed by atoms with Crippen LogP contribution in [0.5, 0.6) is 11.5 Å². The molecule has 3 atom stereocenters. The highest BCUT2D eigenvalue weighted by atomic mass is 32.2. The molecule has 0 spiro atoms. The number of piperazine rings is 2. The molecule has 4 aromatic heterocycles. The van der Waals surface area contributed by atoms with Crippen LogP contribution in [0.15, 0.2) is 70.9 Å². The fourth-order valence-electron chi connectivity index (χ4n) is 11.0. The average molecular weight is 1120 g/mol. The lowest BCUT2D eigenvalue weighted by atomic mass is 9.91. The van der Waals surface area contributed by atoms with Gasteiger partial charge in [-0.2, -0.15) is 5.10 Å². The third-order valence-corrected chi connectivity index (χ3v) is 18.4. The Kier molecular flexibility index (Phi) is 16.6. The monoisotopic (exact) mass is 1120 g/mol. The molecular formula is C57H75FN14O7S. The number of rotatable bonds is 18. The number of nitrogens with zero attached hydrogens (tertiary/aromatic N) is 10. The third kappa shape index (κ3) is 12.6. The minimum Gasteiger partial charge on any atom is -0.492 e. The number of anilines is 4. The molecule has 3 fully saturated rings. The van der Waals surface area contributed by atoms with Gasteiger partial charge >= 0.3 is 0 Å². The minimum absolute atomic E-state index is 0.0125. The predicted molar refractivity (Wildman–Crippen MR) is 305 cm³/mol. The van der Waals surface area contributed by atoms with E-state index >= 15 is 0 Å². The standard InChI is InChI=1S/C57H75FN14O7S/c1-36-29-71(32-50(73)72-34-57(7,8)51-47(72)23-40(54(74)64-51)22-39-10-12-41(58)13-11-39)42(26-59-36)30-69-19-21-77-44(31-69)33-79-43-27-60-55(61-28-43)70-17-15-68(16-18-70)14-9-20-78-48-25-46-45(24-49(48)80(75,76)56(4,5)6)53(63-35-62-46)65-52-37(2)38(3)66-67-52/h10-13,23-25,27-28,35-36,42,44,59H,9,14-22,26,29-34H2,1-8H3,(H,64,74)(H2,62,63,65,66,67)/t36-,42-,44?/m1/s1. The number of hydrogen-bond acceptors (Lipinski definition) is 18. The van der Waals surface area contributed by atoms with E-state index in [2.05, 4.69) is 72.3 Å². The second-order valence-corrected chi connectivity index (χ2v) is 26.0. The molecule has 4 aliphatic heterocycles. The molecule has 8 heterocycles. The summed E-state index contributed by atoms with van der Waals surface area (Å²) in [5.41, 5.74) is 4.53. The first kappa shape index (κ1) is 56.6. The smallest absolute Gasteiger partial charge is 0.251 e. The number of aromatic nitrogens is 7. The summed E-state index contributed by atoms with van der Waals surface area (Å²) >= 11 is 0. The molecule has 4 N–H and O–H groups in total. The van der Waals surface area contributed by atoms with E-state index in [-0.39, 0.29) is 52.7 Å². The van der Waals surface area contributed by atoms with Crippen LogP contribution >= 0.6 is 0 Å². The van der Waals surface area contributed by atoms with Gasteiger partial charge in [-0.1, -0.05) is 26.0 Å². The molecule has 0 radical (unpaired) electrons. The zero-order chi connectivity index (χ0) is 56.5. The van der Waals surface area contributed by atoms with Crippen LogP contribution in [0.3, 0.4) is 0 Å². The lowest BCUT2D eigenvalue weighted by molar-refractivity contribution is -0.121. The zero-order valence-electron chi connectivity index (χ0n) is 47.1. The van der Waals surface area contributed by atoms with Crippen LogP contribution in [0.1, 0.15) is 76.0 Å². The van der Waals surface area contributed by atoms with Gasteiger partial charge in [0.15, 0.2) is 15.6 Å². The van der Waals surface area contributed by atoms with Crippen molar-refractivity contribution in [3.63, 3.8) is 0 Å². The number of sulfone groups is 1. The third-order valence-electron chi connectivity index (χ3n) is 15.9. The molecule has 3 saturated heterocycles. The quantitative estimate of drug-likeness (QED) is 0.0815. The van der Waals surface area contributed by atoms with Gasteiger partial charge in [0.2, 0.25) is 11.9 Å². The molecular weight excluding hydrogens is 1040 g/mol. The molecule has 2 aromatic carbocycles. The number of H-pyrrole nitrogens is 2. The first-order valence-corrected chi connectivity index (χ1v) is 29.2. The Labute approximate surface area is 466 Å². The number of nitrogens with one attached hydrogen (secondary N) is 4. The lowest BCUT2D eigenvalue weighted by Gasteiger charge is -2.43. The highest BCUT2D eigenvalue weighted by molar-refractivity contribution is 7.92. The van der Waals surface area contributed by atoms with Crippen LogP contribution in [-0.2, 0) is 31.2 Å². The average Bonchev–Trinajstić information content (AvgIpc) is 4.09. The fourth-order valence-corrected chi connectivity index (χ4v) is 12.3. The van der Waals surface area contributed by atoms with Crippen LogP contribution in [-0.4, -0.2) is 185 Å². The number of morpholine rings is 1. The number of carbonyl (C=O) groups excluding carboxylic acids is 1. The van der Waals surface area contributed by atoms with Crippen LogP contribution < -0.4 is 35.5 Å². The second kappa shape index (κ2) is 23.5. The van der Waals surface area contributed by atoms with Crippen LogP contribution in [0.25, 0.3) is 10.9 Å². The molecule has 0 bridgehead atoms. The van der Waals surface area contributed by atoms with E-state index in [9.17, 15) is 22.4 Å². The van der Waals surface area contributed by atoms with Crippen molar-refractivity contribution < 1.29 is 31.8 Å². The van der Waals surface area contributed by atoms with Gasteiger partial charge in [0.05, 0.1) is 53.8 Å². The maximum Gasteiger partial charge on any atom is 0.251 e. The molecule has 80 heavy (non-hydrogen) atoms. The van der Waals surface area contributed by atoms with Gasteiger partial charge in [0.25, 0.3) is 5.56 Å². The summed E-state index contributed by atoms with van der Waals surface area (Å²) in [5.74, 6) is 2.26. The van der Waals surface area contributed by atoms with E-state index in [4.69, 9.17) is 14.2 Å². The Morgan fingerprint density at radius 3 is 2.45 bits per heavy atom. The van der Waals surface area contributed by atoms with E-state index in [1.807, 2.05) is 38.7 Å². The first-order chi connectivity index (χ1) is 38.2. The van der Waals surface area contributed by atoms with E-state index in [0.29, 0.717) is 85.6 Å². The number of benzene rings is 2. The highest BCUT2D eigenvalue weighted by Crippen LogP contribution is 2.40. The number of hydrogen-bond donors (Lipinski definition) is 4. The Morgan fingerprint density at radius 1 is 0.963 bits per heavy atom. The van der Waals surface area contributed by atoms with Crippen LogP contribution in [0.2, 0.25) is 0 Å². The molecule has 0 aliphatic carbocycles. The predicted octanol–water partition coefficient (Wildman–Crippen LogP) is 5.15. The number of pyridine rings is 1. The first-order valence-electron chi connectivity index (χ1n) is 27.7. The summed E-state index contributed by atoms with van der Waals surface area (Å²) < 4.78 is 59.2.